The molecule has 9 heteroatoms. The molecule has 1 aliphatic rings. The van der Waals surface area contributed by atoms with Crippen LogP contribution >= 0.6 is 0 Å². The second-order valence-corrected chi connectivity index (χ2v) is 4.06. The number of carbonyl (C=O) groups is 1. The normalized spacial score (nSPS) is 16.4. The van der Waals surface area contributed by atoms with E-state index in [0.717, 1.165) is 11.0 Å². The molecule has 0 N–H and O–H groups in total. The van der Waals surface area contributed by atoms with Gasteiger partial charge >= 0.3 is 6.18 Å². The first-order valence-electron chi connectivity index (χ1n) is 5.54. The molecule has 0 radical (unpaired) electrons. The molecule has 1 aromatic carbocycles. The van der Waals surface area contributed by atoms with Crippen LogP contribution in [-0.4, -0.2) is 30.6 Å². The molecule has 1 aliphatic heterocycles. The Morgan fingerprint density at radius 1 is 1.35 bits per heavy atom. The zero-order chi connectivity index (χ0) is 14.9. The van der Waals surface area contributed by atoms with Gasteiger partial charge in [-0.05, 0) is 12.1 Å². The molecule has 0 aromatic heterocycles. The Bertz CT molecular complexity index is 559. The number of hydrogen-bond donors (Lipinski definition) is 0. The van der Waals surface area contributed by atoms with Crippen LogP contribution in [0.25, 0.3) is 0 Å². The summed E-state index contributed by atoms with van der Waals surface area (Å²) in [6.07, 6.45) is -4.68. The number of morpholine rings is 1. The summed E-state index contributed by atoms with van der Waals surface area (Å²) in [5.41, 5.74) is -2.04. The molecule has 0 aliphatic carbocycles. The van der Waals surface area contributed by atoms with Gasteiger partial charge in [0.1, 0.15) is 12.3 Å². The molecular formula is C11H9F3N2O4. The van der Waals surface area contributed by atoms with Crippen molar-refractivity contribution >= 4 is 17.3 Å². The van der Waals surface area contributed by atoms with Crippen molar-refractivity contribution < 1.29 is 27.6 Å². The number of anilines is 1. The lowest BCUT2D eigenvalue weighted by atomic mass is 10.1. The van der Waals surface area contributed by atoms with Crippen LogP contribution in [0.3, 0.4) is 0 Å². The van der Waals surface area contributed by atoms with Crippen LogP contribution in [0.2, 0.25) is 0 Å². The fourth-order valence-corrected chi connectivity index (χ4v) is 1.85. The van der Waals surface area contributed by atoms with Crippen molar-refractivity contribution in [2.24, 2.45) is 0 Å². The number of ether oxygens (including phenoxy) is 1. The van der Waals surface area contributed by atoms with Gasteiger partial charge in [-0.15, -0.1) is 0 Å². The van der Waals surface area contributed by atoms with E-state index in [4.69, 9.17) is 4.74 Å². The quantitative estimate of drug-likeness (QED) is 0.616. The van der Waals surface area contributed by atoms with E-state index in [1.807, 2.05) is 0 Å². The van der Waals surface area contributed by atoms with Gasteiger partial charge in [0, 0.05) is 12.6 Å². The summed E-state index contributed by atoms with van der Waals surface area (Å²) in [5, 5.41) is 10.9. The molecule has 6 nitrogen and oxygen atoms in total. The molecule has 20 heavy (non-hydrogen) atoms. The van der Waals surface area contributed by atoms with Crippen LogP contribution in [0.1, 0.15) is 5.56 Å². The summed E-state index contributed by atoms with van der Waals surface area (Å²) in [6.45, 7) is -0.0207. The Balaban J connectivity index is 2.48. The Morgan fingerprint density at radius 2 is 2.05 bits per heavy atom. The first kappa shape index (κ1) is 14.3. The summed E-state index contributed by atoms with van der Waals surface area (Å²) < 4.78 is 42.5. The van der Waals surface area contributed by atoms with Crippen molar-refractivity contribution in [2.45, 2.75) is 6.18 Å². The number of benzene rings is 1. The minimum absolute atomic E-state index is 0.0606. The standard InChI is InChI=1S/C11H9F3N2O4/c12-11(13,14)7-1-2-8(9(5-7)16(18)19)15-3-4-20-6-10(15)17/h1-2,5H,3-4,6H2. The number of nitro groups is 1. The lowest BCUT2D eigenvalue weighted by Gasteiger charge is -2.26. The van der Waals surface area contributed by atoms with E-state index in [-0.39, 0.29) is 25.4 Å². The van der Waals surface area contributed by atoms with Gasteiger partial charge in [-0.1, -0.05) is 0 Å². The number of amides is 1. The van der Waals surface area contributed by atoms with Gasteiger partial charge in [0.2, 0.25) is 0 Å². The van der Waals surface area contributed by atoms with Gasteiger partial charge in [-0.25, -0.2) is 0 Å². The average molecular weight is 290 g/mol. The second-order valence-electron chi connectivity index (χ2n) is 4.06. The minimum atomic E-state index is -4.68. The van der Waals surface area contributed by atoms with Gasteiger partial charge in [0.05, 0.1) is 17.1 Å². The highest BCUT2D eigenvalue weighted by molar-refractivity contribution is 5.97. The zero-order valence-corrected chi connectivity index (χ0v) is 10.0. The van der Waals surface area contributed by atoms with E-state index in [1.54, 1.807) is 0 Å². The maximum atomic E-state index is 12.6. The van der Waals surface area contributed by atoms with Gasteiger partial charge in [0.25, 0.3) is 11.6 Å². The smallest absolute Gasteiger partial charge is 0.370 e. The van der Waals surface area contributed by atoms with E-state index < -0.39 is 28.3 Å². The third kappa shape index (κ3) is 2.72. The second kappa shape index (κ2) is 5.08. The highest BCUT2D eigenvalue weighted by Gasteiger charge is 2.35. The molecule has 1 heterocycles. The predicted octanol–water partition coefficient (Wildman–Crippen LogP) is 1.98. The monoisotopic (exact) mass is 290 g/mol. The summed E-state index contributed by atoms with van der Waals surface area (Å²) in [4.78, 5) is 22.6. The third-order valence-electron chi connectivity index (χ3n) is 2.78. The third-order valence-corrected chi connectivity index (χ3v) is 2.78. The van der Waals surface area contributed by atoms with Crippen LogP contribution in [0, 0.1) is 10.1 Å². The van der Waals surface area contributed by atoms with E-state index in [9.17, 15) is 28.1 Å². The summed E-state index contributed by atoms with van der Waals surface area (Å²) in [7, 11) is 0. The largest absolute Gasteiger partial charge is 0.416 e. The zero-order valence-electron chi connectivity index (χ0n) is 10.0. The Labute approximate surface area is 110 Å². The summed E-state index contributed by atoms with van der Waals surface area (Å²) in [5.74, 6) is -0.529. The summed E-state index contributed by atoms with van der Waals surface area (Å²) >= 11 is 0. The molecule has 1 fully saturated rings. The topological polar surface area (TPSA) is 72.7 Å². The van der Waals surface area contributed by atoms with E-state index in [1.165, 1.54) is 0 Å². The molecule has 0 saturated carbocycles. The van der Waals surface area contributed by atoms with Gasteiger partial charge < -0.3 is 9.64 Å². The van der Waals surface area contributed by atoms with Gasteiger partial charge in [0.15, 0.2) is 0 Å². The number of hydrogen-bond acceptors (Lipinski definition) is 4. The van der Waals surface area contributed by atoms with Gasteiger partial charge in [-0.2, -0.15) is 13.2 Å². The lowest BCUT2D eigenvalue weighted by molar-refractivity contribution is -0.384. The predicted molar refractivity (Wildman–Crippen MR) is 61.3 cm³/mol. The Morgan fingerprint density at radius 3 is 2.60 bits per heavy atom. The fraction of sp³-hybridized carbons (Fsp3) is 0.364. The maximum absolute atomic E-state index is 12.6. The number of carbonyl (C=O) groups excluding carboxylic acids is 1. The molecule has 1 amide bonds. The van der Waals surface area contributed by atoms with Crippen LogP contribution in [0.4, 0.5) is 24.5 Å². The lowest BCUT2D eigenvalue weighted by Crippen LogP contribution is -2.42. The van der Waals surface area contributed by atoms with E-state index in [0.29, 0.717) is 12.1 Å². The molecule has 0 spiro atoms. The Kier molecular flexibility index (Phi) is 3.62. The number of halogens is 3. The average Bonchev–Trinajstić information content (AvgIpc) is 2.37. The van der Waals surface area contributed by atoms with Gasteiger partial charge in [-0.3, -0.25) is 14.9 Å². The maximum Gasteiger partial charge on any atom is 0.416 e. The van der Waals surface area contributed by atoms with Crippen molar-refractivity contribution in [1.82, 2.24) is 0 Å². The SMILES string of the molecule is O=C1COCCN1c1ccc(C(F)(F)F)cc1[N+](=O)[O-]. The molecular weight excluding hydrogens is 281 g/mol. The molecule has 0 unspecified atom stereocenters. The van der Waals surface area contributed by atoms with E-state index >= 15 is 0 Å². The number of nitro benzene ring substituents is 1. The molecule has 2 rings (SSSR count). The highest BCUT2D eigenvalue weighted by atomic mass is 19.4. The van der Waals surface area contributed by atoms with Crippen molar-refractivity contribution in [1.29, 1.82) is 0 Å². The number of nitrogens with zero attached hydrogens (tertiary/aromatic N) is 2. The van der Waals surface area contributed by atoms with Crippen LogP contribution in [-0.2, 0) is 15.7 Å². The first-order chi connectivity index (χ1) is 9.30. The van der Waals surface area contributed by atoms with Crippen LogP contribution in [0.15, 0.2) is 18.2 Å². The number of rotatable bonds is 2. The molecule has 1 aromatic rings. The molecule has 1 saturated heterocycles. The Hall–Kier alpha value is -2.16. The van der Waals surface area contributed by atoms with Crippen molar-refractivity contribution in [3.8, 4) is 0 Å². The van der Waals surface area contributed by atoms with E-state index in [2.05, 4.69) is 0 Å². The van der Waals surface area contributed by atoms with Crippen LogP contribution < -0.4 is 4.90 Å². The summed E-state index contributed by atoms with van der Waals surface area (Å²) in [6, 6.07) is 2.08. The van der Waals surface area contributed by atoms with Crippen molar-refractivity contribution in [3.63, 3.8) is 0 Å². The van der Waals surface area contributed by atoms with Crippen LogP contribution in [0.5, 0.6) is 0 Å². The molecule has 108 valence electrons. The first-order valence-corrected chi connectivity index (χ1v) is 5.54. The van der Waals surface area contributed by atoms with Crippen molar-refractivity contribution in [2.75, 3.05) is 24.7 Å². The van der Waals surface area contributed by atoms with Crippen molar-refractivity contribution in [3.05, 3.63) is 33.9 Å². The molecule has 0 atom stereocenters. The number of alkyl halides is 3. The highest BCUT2D eigenvalue weighted by Crippen LogP contribution is 2.36. The minimum Gasteiger partial charge on any atom is -0.370 e. The molecule has 0 bridgehead atoms. The fourth-order valence-electron chi connectivity index (χ4n) is 1.85.